The Bertz CT molecular complexity index is 463. The van der Waals surface area contributed by atoms with E-state index in [1.54, 1.807) is 19.1 Å². The van der Waals surface area contributed by atoms with Crippen LogP contribution in [0.4, 0.5) is 5.69 Å². The number of carbonyl (C=O) groups is 2. The average molecular weight is 271 g/mol. The second kappa shape index (κ2) is 6.26. The topological polar surface area (TPSA) is 92.4 Å². The van der Waals surface area contributed by atoms with E-state index in [0.29, 0.717) is 29.2 Å². The van der Waals surface area contributed by atoms with Crippen molar-refractivity contribution in [2.45, 2.75) is 13.3 Å². The van der Waals surface area contributed by atoms with Crippen LogP contribution in [0.3, 0.4) is 0 Å². The summed E-state index contributed by atoms with van der Waals surface area (Å²) in [5.41, 5.74) is 6.34. The molecule has 0 heterocycles. The second-order valence-electron chi connectivity index (χ2n) is 4.02. The molecule has 5 nitrogen and oxygen atoms in total. The molecule has 0 fully saturated rings. The molecule has 0 spiro atoms. The highest BCUT2D eigenvalue weighted by Gasteiger charge is 2.12. The van der Waals surface area contributed by atoms with E-state index in [1.165, 1.54) is 6.07 Å². The maximum absolute atomic E-state index is 11.7. The van der Waals surface area contributed by atoms with Crippen molar-refractivity contribution in [2.24, 2.45) is 5.92 Å². The van der Waals surface area contributed by atoms with Crippen LogP contribution in [0.1, 0.15) is 23.7 Å². The standard InChI is InChI=1S/C12H15ClN2O3/c1-7(12(17)18)4-5-15-11(16)8-2-3-10(14)9(13)6-8/h2-3,6-7H,4-5,14H2,1H3,(H,15,16)(H,17,18). The van der Waals surface area contributed by atoms with Crippen LogP contribution in [0.2, 0.25) is 5.02 Å². The molecule has 1 unspecified atom stereocenters. The predicted molar refractivity (Wildman–Crippen MR) is 69.6 cm³/mol. The zero-order chi connectivity index (χ0) is 13.7. The SMILES string of the molecule is CC(CCNC(=O)c1ccc(N)c(Cl)c1)C(=O)O. The number of benzene rings is 1. The number of carboxylic acids is 1. The summed E-state index contributed by atoms with van der Waals surface area (Å²) in [5.74, 6) is -1.66. The molecule has 0 aromatic heterocycles. The Morgan fingerprint density at radius 3 is 2.72 bits per heavy atom. The van der Waals surface area contributed by atoms with Crippen LogP contribution in [0.25, 0.3) is 0 Å². The number of hydrogen-bond acceptors (Lipinski definition) is 3. The molecule has 0 aliphatic rings. The summed E-state index contributed by atoms with van der Waals surface area (Å²) in [6.45, 7) is 1.89. The van der Waals surface area contributed by atoms with Gasteiger partial charge in [0.15, 0.2) is 0 Å². The lowest BCUT2D eigenvalue weighted by atomic mass is 10.1. The number of amides is 1. The fourth-order valence-corrected chi connectivity index (χ4v) is 1.48. The number of nitrogens with two attached hydrogens (primary N) is 1. The van der Waals surface area contributed by atoms with Crippen molar-refractivity contribution in [1.29, 1.82) is 0 Å². The molecule has 0 bridgehead atoms. The molecule has 0 radical (unpaired) electrons. The molecule has 4 N–H and O–H groups in total. The zero-order valence-electron chi connectivity index (χ0n) is 9.94. The van der Waals surface area contributed by atoms with E-state index in [4.69, 9.17) is 22.4 Å². The normalized spacial score (nSPS) is 11.9. The number of aliphatic carboxylic acids is 1. The summed E-state index contributed by atoms with van der Waals surface area (Å²) in [5, 5.41) is 11.6. The van der Waals surface area contributed by atoms with Gasteiger partial charge in [0.1, 0.15) is 0 Å². The van der Waals surface area contributed by atoms with Crippen molar-refractivity contribution >= 4 is 29.2 Å². The van der Waals surface area contributed by atoms with E-state index < -0.39 is 11.9 Å². The summed E-state index contributed by atoms with van der Waals surface area (Å²) in [6, 6.07) is 4.60. The molecule has 1 rings (SSSR count). The third kappa shape index (κ3) is 3.92. The zero-order valence-corrected chi connectivity index (χ0v) is 10.7. The number of hydrogen-bond donors (Lipinski definition) is 3. The van der Waals surface area contributed by atoms with Gasteiger partial charge >= 0.3 is 5.97 Å². The van der Waals surface area contributed by atoms with Gasteiger partial charge in [-0.15, -0.1) is 0 Å². The molecule has 0 saturated heterocycles. The van der Waals surface area contributed by atoms with E-state index in [9.17, 15) is 9.59 Å². The molecule has 98 valence electrons. The first kappa shape index (κ1) is 14.3. The van der Waals surface area contributed by atoms with Gasteiger partial charge in [0.25, 0.3) is 5.91 Å². The number of rotatable bonds is 5. The van der Waals surface area contributed by atoms with E-state index in [1.807, 2.05) is 0 Å². The Labute approximate surface area is 110 Å². The van der Waals surface area contributed by atoms with Crippen molar-refractivity contribution in [2.75, 3.05) is 12.3 Å². The fourth-order valence-electron chi connectivity index (χ4n) is 1.30. The number of nitrogens with one attached hydrogen (secondary N) is 1. The lowest BCUT2D eigenvalue weighted by Crippen LogP contribution is -2.27. The van der Waals surface area contributed by atoms with Crippen LogP contribution in [0.15, 0.2) is 18.2 Å². The van der Waals surface area contributed by atoms with Gasteiger partial charge < -0.3 is 16.2 Å². The summed E-state index contributed by atoms with van der Waals surface area (Å²) >= 11 is 5.80. The fraction of sp³-hybridized carbons (Fsp3) is 0.333. The van der Waals surface area contributed by atoms with E-state index >= 15 is 0 Å². The van der Waals surface area contributed by atoms with Crippen LogP contribution >= 0.6 is 11.6 Å². The number of halogens is 1. The van der Waals surface area contributed by atoms with Gasteiger partial charge in [0, 0.05) is 12.1 Å². The lowest BCUT2D eigenvalue weighted by Gasteiger charge is -2.08. The number of nitrogen functional groups attached to an aromatic ring is 1. The highest BCUT2D eigenvalue weighted by atomic mass is 35.5. The largest absolute Gasteiger partial charge is 0.481 e. The first-order valence-electron chi connectivity index (χ1n) is 5.48. The first-order valence-corrected chi connectivity index (χ1v) is 5.85. The monoisotopic (exact) mass is 270 g/mol. The Balaban J connectivity index is 2.50. The van der Waals surface area contributed by atoms with Gasteiger partial charge in [-0.25, -0.2) is 0 Å². The summed E-state index contributed by atoms with van der Waals surface area (Å²) < 4.78 is 0. The van der Waals surface area contributed by atoms with Crippen molar-refractivity contribution in [3.8, 4) is 0 Å². The van der Waals surface area contributed by atoms with E-state index in [-0.39, 0.29) is 5.91 Å². The molecule has 0 aliphatic carbocycles. The predicted octanol–water partition coefficient (Wildman–Crippen LogP) is 1.76. The molecule has 1 atom stereocenters. The minimum Gasteiger partial charge on any atom is -0.481 e. The third-order valence-electron chi connectivity index (χ3n) is 2.55. The number of carboxylic acid groups (broad SMARTS) is 1. The highest BCUT2D eigenvalue weighted by molar-refractivity contribution is 6.33. The second-order valence-corrected chi connectivity index (χ2v) is 4.43. The maximum atomic E-state index is 11.7. The minimum absolute atomic E-state index is 0.297. The van der Waals surface area contributed by atoms with Crippen LogP contribution in [-0.2, 0) is 4.79 Å². The first-order chi connectivity index (χ1) is 8.41. The van der Waals surface area contributed by atoms with Crippen LogP contribution in [0.5, 0.6) is 0 Å². The van der Waals surface area contributed by atoms with Gasteiger partial charge in [-0.3, -0.25) is 9.59 Å². The summed E-state index contributed by atoms with van der Waals surface area (Å²) in [6.07, 6.45) is 0.379. The molecule has 1 aromatic rings. The molecule has 0 saturated carbocycles. The van der Waals surface area contributed by atoms with Crippen molar-refractivity contribution in [1.82, 2.24) is 5.32 Å². The summed E-state index contributed by atoms with van der Waals surface area (Å²) in [4.78, 5) is 22.3. The minimum atomic E-state index is -0.875. The van der Waals surface area contributed by atoms with Gasteiger partial charge in [-0.05, 0) is 24.6 Å². The van der Waals surface area contributed by atoms with Crippen molar-refractivity contribution in [3.63, 3.8) is 0 Å². The summed E-state index contributed by atoms with van der Waals surface area (Å²) in [7, 11) is 0. The molecule has 18 heavy (non-hydrogen) atoms. The molecule has 6 heteroatoms. The Morgan fingerprint density at radius 2 is 2.17 bits per heavy atom. The highest BCUT2D eigenvalue weighted by Crippen LogP contribution is 2.19. The van der Waals surface area contributed by atoms with Gasteiger partial charge in [-0.1, -0.05) is 18.5 Å². The number of carbonyl (C=O) groups excluding carboxylic acids is 1. The Kier molecular flexibility index (Phi) is 4.97. The Hall–Kier alpha value is -1.75. The lowest BCUT2D eigenvalue weighted by molar-refractivity contribution is -0.141. The molecule has 1 amide bonds. The molecule has 1 aromatic carbocycles. The van der Waals surface area contributed by atoms with Gasteiger partial charge in [0.05, 0.1) is 16.6 Å². The van der Waals surface area contributed by atoms with E-state index in [2.05, 4.69) is 5.32 Å². The molecular formula is C12H15ClN2O3. The van der Waals surface area contributed by atoms with Crippen LogP contribution in [-0.4, -0.2) is 23.5 Å². The van der Waals surface area contributed by atoms with Crippen LogP contribution < -0.4 is 11.1 Å². The maximum Gasteiger partial charge on any atom is 0.306 e. The quantitative estimate of drug-likeness (QED) is 0.711. The molecular weight excluding hydrogens is 256 g/mol. The van der Waals surface area contributed by atoms with Crippen molar-refractivity contribution in [3.05, 3.63) is 28.8 Å². The number of anilines is 1. The van der Waals surface area contributed by atoms with Crippen LogP contribution in [0, 0.1) is 5.92 Å². The Morgan fingerprint density at radius 1 is 1.50 bits per heavy atom. The average Bonchev–Trinajstić information content (AvgIpc) is 2.32. The smallest absolute Gasteiger partial charge is 0.306 e. The van der Waals surface area contributed by atoms with E-state index in [0.717, 1.165) is 0 Å². The third-order valence-corrected chi connectivity index (χ3v) is 2.87. The molecule has 0 aliphatic heterocycles. The van der Waals surface area contributed by atoms with Gasteiger partial charge in [-0.2, -0.15) is 0 Å². The van der Waals surface area contributed by atoms with Gasteiger partial charge in [0.2, 0.25) is 0 Å². The van der Waals surface area contributed by atoms with Crippen molar-refractivity contribution < 1.29 is 14.7 Å².